The Morgan fingerprint density at radius 1 is 0.889 bits per heavy atom. The van der Waals surface area contributed by atoms with Crippen molar-refractivity contribution in [3.05, 3.63) is 78.6 Å². The number of ether oxygens (including phenoxy) is 1. The van der Waals surface area contributed by atoms with Crippen molar-refractivity contribution >= 4 is 0 Å². The van der Waals surface area contributed by atoms with Gasteiger partial charge in [0.25, 0.3) is 0 Å². The van der Waals surface area contributed by atoms with Gasteiger partial charge in [-0.1, -0.05) is 61.9 Å². The van der Waals surface area contributed by atoms with E-state index in [9.17, 15) is 0 Å². The summed E-state index contributed by atoms with van der Waals surface area (Å²) in [5.41, 5.74) is 3.76. The minimum atomic E-state index is 0.530. The van der Waals surface area contributed by atoms with Crippen LogP contribution in [0, 0.1) is 11.3 Å². The number of hydrogen-bond acceptors (Lipinski definition) is 4. The van der Waals surface area contributed by atoms with Crippen LogP contribution in [-0.2, 0) is 0 Å². The summed E-state index contributed by atoms with van der Waals surface area (Å²) in [6.07, 6.45) is 9.73. The van der Waals surface area contributed by atoms with Crippen LogP contribution in [0.25, 0.3) is 22.5 Å². The van der Waals surface area contributed by atoms with Gasteiger partial charge >= 0.3 is 0 Å². The Morgan fingerprint density at radius 2 is 1.48 bits per heavy atom. The highest BCUT2D eigenvalue weighted by atomic mass is 16.5. The van der Waals surface area contributed by atoms with Gasteiger partial charge in [0.05, 0.1) is 24.0 Å². The first-order valence-corrected chi connectivity index (χ1v) is 9.01. The van der Waals surface area contributed by atoms with E-state index in [2.05, 4.69) is 29.0 Å². The van der Waals surface area contributed by atoms with Crippen molar-refractivity contribution in [3.63, 3.8) is 0 Å². The number of nitrogens with zero attached hydrogens (tertiary/aromatic N) is 3. The van der Waals surface area contributed by atoms with Crippen molar-refractivity contribution in [2.75, 3.05) is 6.61 Å². The molecule has 4 nitrogen and oxygen atoms in total. The van der Waals surface area contributed by atoms with Crippen LogP contribution in [-0.4, -0.2) is 16.6 Å². The molecule has 3 aromatic rings. The smallest absolute Gasteiger partial charge is 0.159 e. The fourth-order valence-electron chi connectivity index (χ4n) is 2.59. The molecule has 0 fully saturated rings. The molecule has 0 aliphatic rings. The number of hydrogen-bond donors (Lipinski definition) is 0. The third-order valence-electron chi connectivity index (χ3n) is 4.09. The first-order chi connectivity index (χ1) is 13.3. The lowest BCUT2D eigenvalue weighted by Crippen LogP contribution is -1.96. The zero-order valence-corrected chi connectivity index (χ0v) is 15.3. The van der Waals surface area contributed by atoms with Gasteiger partial charge in [0, 0.05) is 5.56 Å². The molecule has 3 rings (SSSR count). The Kier molecular flexibility index (Phi) is 6.32. The Bertz CT molecular complexity index is 921. The summed E-state index contributed by atoms with van der Waals surface area (Å²) in [5, 5.41) is 8.89. The number of rotatable bonds is 7. The van der Waals surface area contributed by atoms with Crippen LogP contribution >= 0.6 is 0 Å². The Hall–Kier alpha value is -3.45. The van der Waals surface area contributed by atoms with E-state index in [1.807, 2.05) is 54.6 Å². The molecule has 0 saturated carbocycles. The zero-order valence-electron chi connectivity index (χ0n) is 15.3. The highest BCUT2D eigenvalue weighted by Crippen LogP contribution is 2.23. The highest BCUT2D eigenvalue weighted by molar-refractivity contribution is 5.68. The fraction of sp³-hybridized carbons (Fsp3) is 0.174. The Labute approximate surface area is 159 Å². The summed E-state index contributed by atoms with van der Waals surface area (Å²) in [6.45, 7) is 2.68. The molecule has 0 atom stereocenters. The van der Waals surface area contributed by atoms with Crippen molar-refractivity contribution in [3.8, 4) is 34.3 Å². The second-order valence-corrected chi connectivity index (χ2v) is 6.08. The topological polar surface area (TPSA) is 58.8 Å². The summed E-state index contributed by atoms with van der Waals surface area (Å²) < 4.78 is 5.60. The monoisotopic (exact) mass is 355 g/mol. The lowest BCUT2D eigenvalue weighted by atomic mass is 10.0. The van der Waals surface area contributed by atoms with E-state index >= 15 is 0 Å². The molecule has 2 aromatic carbocycles. The minimum Gasteiger partial charge on any atom is -0.486 e. The molecule has 0 N–H and O–H groups in total. The van der Waals surface area contributed by atoms with Gasteiger partial charge in [0.2, 0.25) is 0 Å². The van der Waals surface area contributed by atoms with Crippen LogP contribution in [0.15, 0.2) is 73.1 Å². The van der Waals surface area contributed by atoms with Crippen molar-refractivity contribution in [1.82, 2.24) is 9.97 Å². The molecule has 0 aliphatic heterocycles. The Balaban J connectivity index is 1.65. The first-order valence-electron chi connectivity index (χ1n) is 9.01. The van der Waals surface area contributed by atoms with Crippen molar-refractivity contribution < 1.29 is 4.74 Å². The second kappa shape index (κ2) is 9.30. The van der Waals surface area contributed by atoms with E-state index in [0.29, 0.717) is 23.7 Å². The Morgan fingerprint density at radius 3 is 2.07 bits per heavy atom. The quantitative estimate of drug-likeness (QED) is 0.531. The third-order valence-corrected chi connectivity index (χ3v) is 4.09. The maximum atomic E-state index is 8.89. The van der Waals surface area contributed by atoms with Gasteiger partial charge in [0.1, 0.15) is 6.61 Å². The first kappa shape index (κ1) is 18.3. The van der Waals surface area contributed by atoms with Crippen LogP contribution < -0.4 is 4.74 Å². The number of unbranched alkanes of at least 4 members (excludes halogenated alkanes) is 1. The summed E-state index contributed by atoms with van der Waals surface area (Å²) in [7, 11) is 0. The average Bonchev–Trinajstić information content (AvgIpc) is 2.74. The van der Waals surface area contributed by atoms with Gasteiger partial charge in [-0.3, -0.25) is 0 Å². The van der Waals surface area contributed by atoms with Gasteiger partial charge in [-0.25, -0.2) is 9.97 Å². The second-order valence-electron chi connectivity index (χ2n) is 6.08. The normalized spacial score (nSPS) is 10.7. The molecule has 0 saturated heterocycles. The number of benzene rings is 2. The number of nitriles is 1. The van der Waals surface area contributed by atoms with Crippen LogP contribution in [0.3, 0.4) is 0 Å². The maximum Gasteiger partial charge on any atom is 0.159 e. The van der Waals surface area contributed by atoms with E-state index in [1.54, 1.807) is 12.4 Å². The maximum absolute atomic E-state index is 8.89. The molecular formula is C23H21N3O. The average molecular weight is 355 g/mol. The van der Waals surface area contributed by atoms with E-state index in [0.717, 1.165) is 29.5 Å². The molecular weight excluding hydrogens is 334 g/mol. The van der Waals surface area contributed by atoms with Crippen LogP contribution in [0.2, 0.25) is 0 Å². The van der Waals surface area contributed by atoms with Crippen LogP contribution in [0.5, 0.6) is 5.75 Å². The summed E-state index contributed by atoms with van der Waals surface area (Å²) in [6, 6.07) is 17.7. The van der Waals surface area contributed by atoms with Gasteiger partial charge in [-0.15, -0.1) is 0 Å². The van der Waals surface area contributed by atoms with Crippen LogP contribution in [0.4, 0.5) is 0 Å². The number of allylic oxidation sites excluding steroid dienone is 1. The van der Waals surface area contributed by atoms with Gasteiger partial charge < -0.3 is 4.74 Å². The van der Waals surface area contributed by atoms with E-state index in [4.69, 9.17) is 10.00 Å². The van der Waals surface area contributed by atoms with E-state index < -0.39 is 0 Å². The van der Waals surface area contributed by atoms with Crippen molar-refractivity contribution in [1.29, 1.82) is 5.26 Å². The molecule has 0 bridgehead atoms. The van der Waals surface area contributed by atoms with Gasteiger partial charge in [0.15, 0.2) is 11.6 Å². The molecule has 134 valence electrons. The highest BCUT2D eigenvalue weighted by Gasteiger charge is 2.04. The minimum absolute atomic E-state index is 0.530. The molecule has 0 radical (unpaired) electrons. The molecule has 0 unspecified atom stereocenters. The number of aromatic nitrogens is 2. The molecule has 0 amide bonds. The third kappa shape index (κ3) is 5.02. The summed E-state index contributed by atoms with van der Waals surface area (Å²) in [4.78, 5) is 8.79. The molecule has 4 heteroatoms. The molecule has 27 heavy (non-hydrogen) atoms. The summed E-state index contributed by atoms with van der Waals surface area (Å²) >= 11 is 0. The molecule has 1 heterocycles. The lowest BCUT2D eigenvalue weighted by molar-refractivity contribution is 0.359. The predicted molar refractivity (Wildman–Crippen MR) is 107 cm³/mol. The van der Waals surface area contributed by atoms with Gasteiger partial charge in [-0.05, 0) is 29.7 Å². The van der Waals surface area contributed by atoms with Crippen molar-refractivity contribution in [2.24, 2.45) is 0 Å². The molecule has 1 aromatic heterocycles. The SMILES string of the molecule is CCC/C=C/COc1cnc(-c2ccc(-c3ccc(C#N)cc3)cc2)nc1. The van der Waals surface area contributed by atoms with E-state index in [-0.39, 0.29) is 0 Å². The summed E-state index contributed by atoms with van der Waals surface area (Å²) in [5.74, 6) is 1.32. The lowest BCUT2D eigenvalue weighted by Gasteiger charge is -2.06. The largest absolute Gasteiger partial charge is 0.486 e. The fourth-order valence-corrected chi connectivity index (χ4v) is 2.59. The van der Waals surface area contributed by atoms with Crippen LogP contribution in [0.1, 0.15) is 25.3 Å². The van der Waals surface area contributed by atoms with Gasteiger partial charge in [-0.2, -0.15) is 5.26 Å². The standard InChI is InChI=1S/C23H21N3O/c1-2-3-4-5-14-27-22-16-25-23(26-17-22)21-12-10-20(11-13-21)19-8-6-18(15-24)7-9-19/h4-13,16-17H,2-3,14H2,1H3/b5-4+. The predicted octanol–water partition coefficient (Wildman–Crippen LogP) is 5.42. The van der Waals surface area contributed by atoms with E-state index in [1.165, 1.54) is 0 Å². The van der Waals surface area contributed by atoms with Crippen molar-refractivity contribution in [2.45, 2.75) is 19.8 Å². The zero-order chi connectivity index (χ0) is 18.9. The molecule has 0 aliphatic carbocycles. The molecule has 0 spiro atoms.